The number of aryl methyl sites for hydroxylation is 2. The average Bonchev–Trinajstić information content (AvgIpc) is 3.34. The molecule has 4 heteroatoms. The summed E-state index contributed by atoms with van der Waals surface area (Å²) in [5.74, 6) is 2.61. The quantitative estimate of drug-likeness (QED) is 0.212. The number of H-pyrrole nitrogens is 1. The fourth-order valence-corrected chi connectivity index (χ4v) is 4.94. The van der Waals surface area contributed by atoms with Crippen LogP contribution in [0, 0.1) is 19.8 Å². The third-order valence-electron chi connectivity index (χ3n) is 7.37. The Labute approximate surface area is 249 Å². The molecule has 1 heterocycles. The maximum absolute atomic E-state index is 11.9. The predicted octanol–water partition coefficient (Wildman–Crippen LogP) is 10.2. The van der Waals surface area contributed by atoms with Crippen LogP contribution < -0.4 is 0 Å². The Morgan fingerprint density at radius 1 is 0.902 bits per heavy atom. The third-order valence-corrected chi connectivity index (χ3v) is 7.37. The Morgan fingerprint density at radius 2 is 1.56 bits per heavy atom. The molecule has 1 amide bonds. The van der Waals surface area contributed by atoms with Crippen LogP contribution in [0.2, 0.25) is 0 Å². The van der Waals surface area contributed by atoms with Crippen LogP contribution in [0.4, 0.5) is 0 Å². The van der Waals surface area contributed by atoms with Crippen LogP contribution in [0.15, 0.2) is 66.7 Å². The first kappa shape index (κ1) is 33.8. The minimum atomic E-state index is 0.126. The van der Waals surface area contributed by atoms with Crippen molar-refractivity contribution in [1.29, 1.82) is 0 Å². The lowest BCUT2D eigenvalue weighted by Crippen LogP contribution is -2.29. The van der Waals surface area contributed by atoms with Crippen LogP contribution in [-0.2, 0) is 11.3 Å². The van der Waals surface area contributed by atoms with Crippen molar-refractivity contribution in [3.8, 4) is 11.1 Å². The smallest absolute Gasteiger partial charge is 0.219 e. The summed E-state index contributed by atoms with van der Waals surface area (Å²) in [6.07, 6.45) is 5.00. The van der Waals surface area contributed by atoms with E-state index in [1.165, 1.54) is 36.0 Å². The number of rotatable bonds is 10. The molecule has 0 aliphatic carbocycles. The summed E-state index contributed by atoms with van der Waals surface area (Å²) < 4.78 is 0. The lowest BCUT2D eigenvalue weighted by atomic mass is 9.94. The standard InChI is InChI=1S/C21H25N3O.C14H22.C2H6/c1-5-10-24(16(4)25)13-19-11-17(7-6-14(19)2)18-8-9-20-21(12-18)23-15(3)22-20;1-12(2)8-7-9-13(3)14-10-5-4-6-11-14;1-2/h6-9,11-12H,5,10,13H2,1-4H3,(H,22,23);4-6,10-13H,7-9H2,1-3H3;1-2H3. The highest BCUT2D eigenvalue weighted by atomic mass is 16.2. The van der Waals surface area contributed by atoms with Crippen LogP contribution in [0.3, 0.4) is 0 Å². The van der Waals surface area contributed by atoms with Gasteiger partial charge in [0.05, 0.1) is 11.0 Å². The van der Waals surface area contributed by atoms with E-state index < -0.39 is 0 Å². The fourth-order valence-electron chi connectivity index (χ4n) is 4.94. The van der Waals surface area contributed by atoms with Crippen molar-refractivity contribution in [1.82, 2.24) is 14.9 Å². The largest absolute Gasteiger partial charge is 0.342 e. The number of aromatic nitrogens is 2. The highest BCUT2D eigenvalue weighted by molar-refractivity contribution is 5.82. The van der Waals surface area contributed by atoms with Crippen LogP contribution in [0.5, 0.6) is 0 Å². The molecule has 3 aromatic carbocycles. The number of amides is 1. The molecule has 4 rings (SSSR count). The highest BCUT2D eigenvalue weighted by Gasteiger charge is 2.12. The first-order chi connectivity index (χ1) is 19.7. The van der Waals surface area contributed by atoms with Crippen LogP contribution in [-0.4, -0.2) is 27.3 Å². The Balaban J connectivity index is 0.000000312. The van der Waals surface area contributed by atoms with E-state index >= 15 is 0 Å². The molecule has 1 N–H and O–H groups in total. The summed E-state index contributed by atoms with van der Waals surface area (Å²) in [6, 6.07) is 23.6. The molecule has 1 unspecified atom stereocenters. The van der Waals surface area contributed by atoms with E-state index in [9.17, 15) is 4.79 Å². The van der Waals surface area contributed by atoms with Gasteiger partial charge < -0.3 is 9.88 Å². The number of carbonyl (C=O) groups is 1. The van der Waals surface area contributed by atoms with Gasteiger partial charge in [-0.15, -0.1) is 0 Å². The van der Waals surface area contributed by atoms with Crippen molar-refractivity contribution >= 4 is 16.9 Å². The van der Waals surface area contributed by atoms with Gasteiger partial charge in [0, 0.05) is 20.0 Å². The molecular formula is C37H53N3O. The van der Waals surface area contributed by atoms with Gasteiger partial charge in [0.15, 0.2) is 0 Å². The zero-order chi connectivity index (χ0) is 30.4. The van der Waals surface area contributed by atoms with E-state index in [0.29, 0.717) is 6.54 Å². The lowest BCUT2D eigenvalue weighted by molar-refractivity contribution is -0.129. The number of hydrogen-bond acceptors (Lipinski definition) is 2. The fraction of sp³-hybridized carbons (Fsp3) is 0.459. The summed E-state index contributed by atoms with van der Waals surface area (Å²) in [5, 5.41) is 0. The van der Waals surface area contributed by atoms with Crippen molar-refractivity contribution in [2.45, 2.75) is 100 Å². The average molecular weight is 556 g/mol. The number of hydrogen-bond donors (Lipinski definition) is 1. The van der Waals surface area contributed by atoms with Crippen LogP contribution in [0.25, 0.3) is 22.2 Å². The number of fused-ring (bicyclic) bond motifs is 1. The predicted molar refractivity (Wildman–Crippen MR) is 177 cm³/mol. The molecule has 0 spiro atoms. The van der Waals surface area contributed by atoms with Gasteiger partial charge in [-0.25, -0.2) is 4.98 Å². The molecule has 0 aliphatic rings. The molecular weight excluding hydrogens is 502 g/mol. The summed E-state index contributed by atoms with van der Waals surface area (Å²) in [6.45, 7) is 20.2. The normalized spacial score (nSPS) is 11.4. The minimum absolute atomic E-state index is 0.126. The van der Waals surface area contributed by atoms with Gasteiger partial charge in [-0.3, -0.25) is 4.79 Å². The zero-order valence-corrected chi connectivity index (χ0v) is 27.1. The number of nitrogens with zero attached hydrogens (tertiary/aromatic N) is 2. The maximum Gasteiger partial charge on any atom is 0.219 e. The molecule has 0 bridgehead atoms. The zero-order valence-electron chi connectivity index (χ0n) is 27.1. The summed E-state index contributed by atoms with van der Waals surface area (Å²) in [5.41, 5.74) is 8.24. The van der Waals surface area contributed by atoms with E-state index in [1.807, 2.05) is 31.7 Å². The second-order valence-corrected chi connectivity index (χ2v) is 11.3. The lowest BCUT2D eigenvalue weighted by Gasteiger charge is -2.22. The molecule has 0 aliphatic heterocycles. The monoisotopic (exact) mass is 555 g/mol. The van der Waals surface area contributed by atoms with Gasteiger partial charge in [0.25, 0.3) is 0 Å². The first-order valence-corrected chi connectivity index (χ1v) is 15.5. The van der Waals surface area contributed by atoms with Gasteiger partial charge >= 0.3 is 0 Å². The Morgan fingerprint density at radius 3 is 2.20 bits per heavy atom. The van der Waals surface area contributed by atoms with E-state index in [1.54, 1.807) is 6.92 Å². The van der Waals surface area contributed by atoms with Crippen molar-refractivity contribution < 1.29 is 4.79 Å². The number of aromatic amines is 1. The van der Waals surface area contributed by atoms with Gasteiger partial charge in [-0.2, -0.15) is 0 Å². The molecule has 1 atom stereocenters. The second-order valence-electron chi connectivity index (χ2n) is 11.3. The number of nitrogens with one attached hydrogen (secondary N) is 1. The van der Waals surface area contributed by atoms with Gasteiger partial charge in [0.1, 0.15) is 5.82 Å². The number of benzene rings is 3. The molecule has 41 heavy (non-hydrogen) atoms. The van der Waals surface area contributed by atoms with Gasteiger partial charge in [0.2, 0.25) is 5.91 Å². The van der Waals surface area contributed by atoms with Crippen LogP contribution in [0.1, 0.15) is 103 Å². The van der Waals surface area contributed by atoms with Crippen molar-refractivity contribution in [3.63, 3.8) is 0 Å². The first-order valence-electron chi connectivity index (χ1n) is 15.5. The van der Waals surface area contributed by atoms with Gasteiger partial charge in [-0.05, 0) is 84.5 Å². The van der Waals surface area contributed by atoms with Crippen molar-refractivity contribution in [2.24, 2.45) is 5.92 Å². The van der Waals surface area contributed by atoms with Crippen molar-refractivity contribution in [3.05, 3.63) is 89.2 Å². The third kappa shape index (κ3) is 10.8. The molecule has 222 valence electrons. The topological polar surface area (TPSA) is 49.0 Å². The number of imidazole rings is 1. The van der Waals surface area contributed by atoms with E-state index in [4.69, 9.17) is 0 Å². The second kappa shape index (κ2) is 17.4. The Hall–Kier alpha value is -3.40. The van der Waals surface area contributed by atoms with Gasteiger partial charge in [-0.1, -0.05) is 103 Å². The van der Waals surface area contributed by atoms with E-state index in [-0.39, 0.29) is 5.91 Å². The van der Waals surface area contributed by atoms with E-state index in [0.717, 1.165) is 52.8 Å². The highest BCUT2D eigenvalue weighted by Crippen LogP contribution is 2.26. The van der Waals surface area contributed by atoms with Crippen molar-refractivity contribution in [2.75, 3.05) is 6.54 Å². The number of carbonyl (C=O) groups excluding carboxylic acids is 1. The van der Waals surface area contributed by atoms with E-state index in [2.05, 4.69) is 105 Å². The molecule has 4 aromatic rings. The molecule has 0 saturated heterocycles. The molecule has 0 radical (unpaired) electrons. The molecule has 0 saturated carbocycles. The summed E-state index contributed by atoms with van der Waals surface area (Å²) in [7, 11) is 0. The van der Waals surface area contributed by atoms with Crippen LogP contribution >= 0.6 is 0 Å². The summed E-state index contributed by atoms with van der Waals surface area (Å²) in [4.78, 5) is 21.5. The molecule has 0 fully saturated rings. The molecule has 4 nitrogen and oxygen atoms in total. The molecule has 1 aromatic heterocycles. The Bertz CT molecular complexity index is 1320. The SMILES string of the molecule is CC.CC(C)CCCC(C)c1ccccc1.CCCN(Cc1cc(-c2ccc3nc(C)[nH]c3c2)ccc1C)C(C)=O. The maximum atomic E-state index is 11.9. The summed E-state index contributed by atoms with van der Waals surface area (Å²) >= 11 is 0. The Kier molecular flexibility index (Phi) is 14.4. The minimum Gasteiger partial charge on any atom is -0.342 e.